The van der Waals surface area contributed by atoms with E-state index < -0.39 is 26.4 Å². The van der Waals surface area contributed by atoms with Gasteiger partial charge in [-0.2, -0.15) is 31.6 Å². The molecule has 0 aliphatic carbocycles. The summed E-state index contributed by atoms with van der Waals surface area (Å²) in [5.41, 5.74) is 0. The number of nitrogens with zero attached hydrogens (tertiary/aromatic N) is 1. The van der Waals surface area contributed by atoms with Gasteiger partial charge in [0.1, 0.15) is 6.07 Å². The summed E-state index contributed by atoms with van der Waals surface area (Å²) in [5.74, 6) is -11.6. The first-order valence-corrected chi connectivity index (χ1v) is 5.52. The van der Waals surface area contributed by atoms with Gasteiger partial charge in [0.15, 0.2) is 0 Å². The lowest BCUT2D eigenvalue weighted by Gasteiger charge is -2.38. The Labute approximate surface area is 116 Å². The van der Waals surface area contributed by atoms with Gasteiger partial charge in [-0.05, 0) is 43.5 Å². The minimum absolute atomic E-state index is 0.199. The fourth-order valence-corrected chi connectivity index (χ4v) is 1.66. The lowest BCUT2D eigenvalue weighted by Crippen LogP contribution is -2.64. The van der Waals surface area contributed by atoms with E-state index in [4.69, 9.17) is 5.26 Å². The molecule has 0 spiro atoms. The van der Waals surface area contributed by atoms with Crippen molar-refractivity contribution in [1.82, 2.24) is 0 Å². The van der Waals surface area contributed by atoms with Gasteiger partial charge in [-0.25, -0.2) is 8.78 Å². The zero-order valence-electron chi connectivity index (χ0n) is 7.60. The van der Waals surface area contributed by atoms with Crippen molar-refractivity contribution in [1.29, 1.82) is 5.26 Å². The lowest BCUT2D eigenvalue weighted by atomic mass is 10.0. The van der Waals surface area contributed by atoms with E-state index in [1.165, 1.54) is 0 Å². The smallest absolute Gasteiger partial charge is 0.216 e. The molecule has 0 saturated carbocycles. The van der Waals surface area contributed by atoms with Gasteiger partial charge >= 0.3 is 26.4 Å². The lowest BCUT2D eigenvalue weighted by molar-refractivity contribution is -0.240. The third-order valence-corrected chi connectivity index (χ3v) is 4.16. The van der Waals surface area contributed by atoms with Gasteiger partial charge in [0, 0.05) is 0 Å². The Balaban J connectivity index is 5.90. The molecule has 0 aromatic carbocycles. The molecule has 2 atom stereocenters. The normalized spacial score (nSPS) is 20.8. The van der Waals surface area contributed by atoms with E-state index in [0.29, 0.717) is 0 Å². The Kier molecular flexibility index (Phi) is 4.67. The van der Waals surface area contributed by atoms with E-state index in [1.54, 1.807) is 0 Å². The molecule has 0 fully saturated rings. The van der Waals surface area contributed by atoms with E-state index in [1.807, 2.05) is 0 Å². The van der Waals surface area contributed by atoms with Crippen LogP contribution in [-0.2, 0) is 0 Å². The first-order valence-electron chi connectivity index (χ1n) is 3.55. The van der Waals surface area contributed by atoms with Crippen LogP contribution < -0.4 is 0 Å². The molecule has 0 radical (unpaired) electrons. The summed E-state index contributed by atoms with van der Waals surface area (Å²) in [6, 6.07) is -0.199. The monoisotopic (exact) mass is 431 g/mol. The molecule has 106 valence electrons. The average Bonchev–Trinajstić information content (AvgIpc) is 2.15. The molecule has 12 heteroatoms. The predicted octanol–water partition coefficient (Wildman–Crippen LogP) is 4.73. The van der Waals surface area contributed by atoms with E-state index in [-0.39, 0.29) is 6.07 Å². The summed E-state index contributed by atoms with van der Waals surface area (Å²) < 4.78 is 91.7. The van der Waals surface area contributed by atoms with E-state index in [2.05, 4.69) is 11.6 Å². The van der Waals surface area contributed by atoms with Gasteiger partial charge in [-0.15, -0.1) is 0 Å². The summed E-state index contributed by atoms with van der Waals surface area (Å²) >= 11 is 6.09. The first-order chi connectivity index (χ1) is 7.56. The Morgan fingerprint density at radius 3 is 1.39 bits per heavy atom. The molecule has 0 amide bonds. The van der Waals surface area contributed by atoms with Crippen LogP contribution in [0.5, 0.6) is 0 Å². The van der Waals surface area contributed by atoms with Crippen molar-refractivity contribution in [3.63, 3.8) is 0 Å². The third kappa shape index (κ3) is 2.43. The second kappa shape index (κ2) is 4.63. The maximum Gasteiger partial charge on any atom is 0.381 e. The maximum atomic E-state index is 13.2. The van der Waals surface area contributed by atoms with E-state index in [0.717, 1.165) is 31.9 Å². The van der Waals surface area contributed by atoms with Gasteiger partial charge in [-0.3, -0.25) is 0 Å². The van der Waals surface area contributed by atoms with Crippen LogP contribution in [0.2, 0.25) is 0 Å². The number of halogens is 11. The Hall–Kier alpha value is 0.180. The van der Waals surface area contributed by atoms with Crippen molar-refractivity contribution in [2.24, 2.45) is 0 Å². The molecule has 18 heavy (non-hydrogen) atoms. The highest BCUT2D eigenvalue weighted by molar-refractivity contribution is 9.10. The number of hydrogen-bond acceptors (Lipinski definition) is 1. The summed E-state index contributed by atoms with van der Waals surface area (Å²) in [5, 5.41) is 2.36. The molecule has 0 saturated heterocycles. The molecule has 0 unspecified atom stereocenters. The molecule has 0 rings (SSSR count). The molecule has 0 aliphatic heterocycles. The fourth-order valence-electron chi connectivity index (χ4n) is 0.643. The minimum atomic E-state index is -6.09. The summed E-state index contributed by atoms with van der Waals surface area (Å²) in [7, 11) is 0. The molecular formula is C6Br2ClF8N. The van der Waals surface area contributed by atoms with Crippen LogP contribution in [0.1, 0.15) is 0 Å². The minimum Gasteiger partial charge on any atom is -0.216 e. The van der Waals surface area contributed by atoms with Gasteiger partial charge in [-0.1, -0.05) is 0 Å². The molecule has 1 nitrogen and oxygen atoms in total. The molecule has 0 aliphatic rings. The Morgan fingerprint density at radius 2 is 1.17 bits per heavy atom. The molecule has 0 aromatic heterocycles. The topological polar surface area (TPSA) is 23.8 Å². The highest BCUT2D eigenvalue weighted by Gasteiger charge is 2.82. The Bertz CT molecular complexity index is 371. The van der Waals surface area contributed by atoms with Crippen molar-refractivity contribution < 1.29 is 35.1 Å². The average molecular weight is 433 g/mol. The zero-order chi connectivity index (χ0) is 15.2. The standard InChI is InChI=1S/C6Br2ClF8N/c7-3(12,2(10,11)1-18)5(14,15)4(8,13)6(9,16)17/t3-,4+/m1/s1. The number of nitriles is 1. The largest absolute Gasteiger partial charge is 0.381 e. The van der Waals surface area contributed by atoms with Crippen molar-refractivity contribution >= 4 is 43.5 Å². The SMILES string of the molecule is N#CC(F)(F)[C@](F)(Br)C(F)(F)[C@@](F)(Br)C(F)(F)Cl. The number of alkyl halides is 11. The van der Waals surface area contributed by atoms with Gasteiger partial charge in [0.05, 0.1) is 0 Å². The van der Waals surface area contributed by atoms with Crippen molar-refractivity contribution in [2.75, 3.05) is 0 Å². The quantitative estimate of drug-likeness (QED) is 0.465. The molecule has 0 aromatic rings. The third-order valence-electron chi connectivity index (χ3n) is 1.68. The van der Waals surface area contributed by atoms with Crippen LogP contribution in [0.3, 0.4) is 0 Å². The highest BCUT2D eigenvalue weighted by Crippen LogP contribution is 2.61. The molecular weight excluding hydrogens is 433 g/mol. The molecule has 0 bridgehead atoms. The van der Waals surface area contributed by atoms with Crippen molar-refractivity contribution in [3.05, 3.63) is 0 Å². The van der Waals surface area contributed by atoms with Crippen LogP contribution in [0.25, 0.3) is 0 Å². The Morgan fingerprint density at radius 1 is 0.833 bits per heavy atom. The van der Waals surface area contributed by atoms with Crippen molar-refractivity contribution in [3.8, 4) is 6.07 Å². The van der Waals surface area contributed by atoms with Crippen LogP contribution in [0.4, 0.5) is 35.1 Å². The summed E-state index contributed by atoms with van der Waals surface area (Å²) in [6.07, 6.45) is 0. The van der Waals surface area contributed by atoms with Crippen LogP contribution in [0.15, 0.2) is 0 Å². The first kappa shape index (κ1) is 18.2. The van der Waals surface area contributed by atoms with Crippen LogP contribution in [-0.4, -0.2) is 26.4 Å². The number of rotatable bonds is 4. The fraction of sp³-hybridized carbons (Fsp3) is 0.833. The van der Waals surface area contributed by atoms with E-state index >= 15 is 0 Å². The zero-order valence-corrected chi connectivity index (χ0v) is 11.5. The van der Waals surface area contributed by atoms with Gasteiger partial charge < -0.3 is 0 Å². The summed E-state index contributed by atoms with van der Waals surface area (Å²) in [4.78, 5) is 0. The van der Waals surface area contributed by atoms with Gasteiger partial charge in [0.2, 0.25) is 0 Å². The van der Waals surface area contributed by atoms with Crippen LogP contribution in [0, 0.1) is 11.3 Å². The predicted molar refractivity (Wildman–Crippen MR) is 51.8 cm³/mol. The maximum absolute atomic E-state index is 13.2. The second-order valence-corrected chi connectivity index (χ2v) is 5.57. The van der Waals surface area contributed by atoms with Crippen molar-refractivity contribution in [2.45, 2.75) is 26.4 Å². The highest BCUT2D eigenvalue weighted by atomic mass is 79.9. The van der Waals surface area contributed by atoms with Crippen LogP contribution >= 0.6 is 43.5 Å². The molecule has 0 N–H and O–H groups in total. The summed E-state index contributed by atoms with van der Waals surface area (Å²) in [6.45, 7) is 0. The second-order valence-electron chi connectivity index (χ2n) is 2.91. The van der Waals surface area contributed by atoms with Gasteiger partial charge in [0.25, 0.3) is 0 Å². The molecule has 0 heterocycles. The number of hydrogen-bond donors (Lipinski definition) is 0. The van der Waals surface area contributed by atoms with E-state index in [9.17, 15) is 35.1 Å².